The highest BCUT2D eigenvalue weighted by Crippen LogP contribution is 2.35. The highest BCUT2D eigenvalue weighted by atomic mass is 32.2. The van der Waals surface area contributed by atoms with Crippen molar-refractivity contribution in [2.75, 3.05) is 4.31 Å². The van der Waals surface area contributed by atoms with Crippen LogP contribution >= 0.6 is 0 Å². The van der Waals surface area contributed by atoms with Gasteiger partial charge in [0.15, 0.2) is 0 Å². The van der Waals surface area contributed by atoms with Gasteiger partial charge < -0.3 is 0 Å². The van der Waals surface area contributed by atoms with Crippen LogP contribution in [0.5, 0.6) is 0 Å². The van der Waals surface area contributed by atoms with Crippen molar-refractivity contribution < 1.29 is 13.3 Å². The number of hydrogen-bond acceptors (Lipinski definition) is 4. The van der Waals surface area contributed by atoms with Crippen molar-refractivity contribution in [3.05, 3.63) is 69.8 Å². The maximum atomic E-state index is 12.8. The van der Waals surface area contributed by atoms with Crippen molar-refractivity contribution in [3.8, 4) is 0 Å². The molecular formula is C16H16N2O4S. The van der Waals surface area contributed by atoms with Crippen molar-refractivity contribution in [2.45, 2.75) is 25.1 Å². The van der Waals surface area contributed by atoms with Gasteiger partial charge in [0.1, 0.15) is 0 Å². The maximum Gasteiger partial charge on any atom is 0.269 e. The molecule has 0 amide bonds. The van der Waals surface area contributed by atoms with Crippen LogP contribution in [0.25, 0.3) is 0 Å². The van der Waals surface area contributed by atoms with Gasteiger partial charge in [0.25, 0.3) is 5.69 Å². The Bertz CT molecular complexity index is 864. The quantitative estimate of drug-likeness (QED) is 0.637. The zero-order valence-corrected chi connectivity index (χ0v) is 13.4. The largest absolute Gasteiger partial charge is 0.269 e. The van der Waals surface area contributed by atoms with Gasteiger partial charge in [0.2, 0.25) is 10.0 Å². The molecule has 1 aliphatic heterocycles. The van der Waals surface area contributed by atoms with Gasteiger partial charge in [0.05, 0.1) is 16.4 Å². The van der Waals surface area contributed by atoms with Gasteiger partial charge in [0, 0.05) is 18.2 Å². The molecule has 2 aromatic carbocycles. The van der Waals surface area contributed by atoms with Crippen LogP contribution in [-0.4, -0.2) is 19.4 Å². The summed E-state index contributed by atoms with van der Waals surface area (Å²) in [5, 5.41) is 10.8. The van der Waals surface area contributed by atoms with Crippen LogP contribution in [0.15, 0.2) is 48.5 Å². The first kappa shape index (κ1) is 15.5. The van der Waals surface area contributed by atoms with Crippen molar-refractivity contribution in [3.63, 3.8) is 0 Å². The first-order chi connectivity index (χ1) is 10.9. The fourth-order valence-corrected chi connectivity index (χ4v) is 4.84. The Morgan fingerprint density at radius 3 is 2.70 bits per heavy atom. The normalized spacial score (nSPS) is 17.1. The Balaban J connectivity index is 1.94. The summed E-state index contributed by atoms with van der Waals surface area (Å²) in [6, 6.07) is 13.0. The lowest BCUT2D eigenvalue weighted by Crippen LogP contribution is -2.36. The zero-order valence-electron chi connectivity index (χ0n) is 12.5. The topological polar surface area (TPSA) is 80.5 Å². The number of nitrogens with zero attached hydrogens (tertiary/aromatic N) is 2. The molecule has 0 aromatic heterocycles. The lowest BCUT2D eigenvalue weighted by molar-refractivity contribution is -0.384. The Morgan fingerprint density at radius 2 is 1.96 bits per heavy atom. The number of sulfonamides is 1. The number of hydrogen-bond donors (Lipinski definition) is 0. The molecule has 0 N–H and O–H groups in total. The number of non-ortho nitro benzene ring substituents is 1. The first-order valence-corrected chi connectivity index (χ1v) is 8.83. The van der Waals surface area contributed by atoms with E-state index in [1.165, 1.54) is 22.5 Å². The van der Waals surface area contributed by atoms with Crippen LogP contribution in [0.3, 0.4) is 0 Å². The summed E-state index contributed by atoms with van der Waals surface area (Å²) >= 11 is 0. The summed E-state index contributed by atoms with van der Waals surface area (Å²) in [5.74, 6) is -0.257. The minimum atomic E-state index is -3.61. The predicted molar refractivity (Wildman–Crippen MR) is 87.8 cm³/mol. The second kappa shape index (κ2) is 5.66. The van der Waals surface area contributed by atoms with Gasteiger partial charge in [-0.25, -0.2) is 8.42 Å². The summed E-state index contributed by atoms with van der Waals surface area (Å²) in [5.41, 5.74) is 2.01. The molecule has 120 valence electrons. The van der Waals surface area contributed by atoms with Crippen LogP contribution in [0.4, 0.5) is 11.4 Å². The zero-order chi connectivity index (χ0) is 16.6. The number of rotatable bonds is 4. The second-order valence-corrected chi connectivity index (χ2v) is 7.51. The fourth-order valence-electron chi connectivity index (χ4n) is 3.00. The van der Waals surface area contributed by atoms with E-state index in [1.54, 1.807) is 12.1 Å². The Morgan fingerprint density at radius 1 is 1.22 bits per heavy atom. The molecule has 6 nitrogen and oxygen atoms in total. The molecule has 0 saturated heterocycles. The van der Waals surface area contributed by atoms with Crippen molar-refractivity contribution in [2.24, 2.45) is 0 Å². The van der Waals surface area contributed by atoms with Crippen LogP contribution in [-0.2, 0) is 22.2 Å². The molecule has 2 aromatic rings. The third-order valence-corrected chi connectivity index (χ3v) is 5.77. The number of fused-ring (bicyclic) bond motifs is 1. The lowest BCUT2D eigenvalue weighted by Gasteiger charge is -2.24. The SMILES string of the molecule is C[C@H]1Cc2ccccc2N1S(=O)(=O)Cc1cccc([N+](=O)[O-])c1. The van der Waals surface area contributed by atoms with Crippen LogP contribution in [0.1, 0.15) is 18.1 Å². The van der Waals surface area contributed by atoms with E-state index in [0.29, 0.717) is 17.7 Å². The number of nitro benzene ring substituents is 1. The van der Waals surface area contributed by atoms with E-state index in [9.17, 15) is 18.5 Å². The van der Waals surface area contributed by atoms with E-state index in [1.807, 2.05) is 25.1 Å². The number of anilines is 1. The van der Waals surface area contributed by atoms with E-state index >= 15 is 0 Å². The lowest BCUT2D eigenvalue weighted by atomic mass is 10.1. The molecule has 0 saturated carbocycles. The van der Waals surface area contributed by atoms with Gasteiger partial charge in [-0.05, 0) is 30.5 Å². The highest BCUT2D eigenvalue weighted by Gasteiger charge is 2.34. The summed E-state index contributed by atoms with van der Waals surface area (Å²) < 4.78 is 27.1. The summed E-state index contributed by atoms with van der Waals surface area (Å²) in [6.07, 6.45) is 0.671. The Labute approximate surface area is 134 Å². The molecule has 7 heteroatoms. The average molecular weight is 332 g/mol. The van der Waals surface area contributed by atoms with Gasteiger partial charge >= 0.3 is 0 Å². The fraction of sp³-hybridized carbons (Fsp3) is 0.250. The molecule has 1 heterocycles. The molecule has 1 aliphatic rings. The van der Waals surface area contributed by atoms with Crippen LogP contribution < -0.4 is 4.31 Å². The van der Waals surface area contributed by atoms with Gasteiger partial charge in [-0.1, -0.05) is 30.3 Å². The molecule has 3 rings (SSSR count). The minimum absolute atomic E-state index is 0.104. The molecule has 1 atom stereocenters. The maximum absolute atomic E-state index is 12.8. The number of benzene rings is 2. The van der Waals surface area contributed by atoms with E-state index in [2.05, 4.69) is 0 Å². The third-order valence-electron chi connectivity index (χ3n) is 3.91. The predicted octanol–water partition coefficient (Wildman–Crippen LogP) is 2.88. The molecular weight excluding hydrogens is 316 g/mol. The van der Waals surface area contributed by atoms with Crippen molar-refractivity contribution in [1.29, 1.82) is 0 Å². The molecule has 0 aliphatic carbocycles. The van der Waals surface area contributed by atoms with Gasteiger partial charge in [-0.15, -0.1) is 0 Å². The molecule has 23 heavy (non-hydrogen) atoms. The van der Waals surface area contributed by atoms with E-state index in [4.69, 9.17) is 0 Å². The van der Waals surface area contributed by atoms with Crippen molar-refractivity contribution in [1.82, 2.24) is 0 Å². The van der Waals surface area contributed by atoms with Gasteiger partial charge in [-0.2, -0.15) is 0 Å². The second-order valence-electron chi connectivity index (χ2n) is 5.66. The van der Waals surface area contributed by atoms with E-state index < -0.39 is 14.9 Å². The molecule has 0 spiro atoms. The van der Waals surface area contributed by atoms with Crippen molar-refractivity contribution >= 4 is 21.4 Å². The number of nitro groups is 1. The van der Waals surface area contributed by atoms with Crippen LogP contribution in [0.2, 0.25) is 0 Å². The van der Waals surface area contributed by atoms with E-state index in [-0.39, 0.29) is 17.5 Å². The smallest absolute Gasteiger partial charge is 0.267 e. The molecule has 0 bridgehead atoms. The molecule has 0 fully saturated rings. The third kappa shape index (κ3) is 2.92. The number of para-hydroxylation sites is 1. The first-order valence-electron chi connectivity index (χ1n) is 7.22. The highest BCUT2D eigenvalue weighted by molar-refractivity contribution is 7.92. The van der Waals surface area contributed by atoms with E-state index in [0.717, 1.165) is 5.56 Å². The monoisotopic (exact) mass is 332 g/mol. The Kier molecular flexibility index (Phi) is 3.81. The minimum Gasteiger partial charge on any atom is -0.267 e. The summed E-state index contributed by atoms with van der Waals surface area (Å²) in [6.45, 7) is 1.87. The average Bonchev–Trinajstić information content (AvgIpc) is 2.83. The molecule has 0 unspecified atom stereocenters. The standard InChI is InChI=1S/C16H16N2O4S/c1-12-9-14-6-2-3-8-16(14)17(12)23(21,22)11-13-5-4-7-15(10-13)18(19)20/h2-8,10,12H,9,11H2,1H3/t12-/m0/s1. The molecule has 0 radical (unpaired) electrons. The Hall–Kier alpha value is -2.41. The summed E-state index contributed by atoms with van der Waals surface area (Å²) in [4.78, 5) is 10.3. The van der Waals surface area contributed by atoms with Crippen LogP contribution in [0, 0.1) is 10.1 Å². The van der Waals surface area contributed by atoms with Gasteiger partial charge in [-0.3, -0.25) is 14.4 Å². The summed E-state index contributed by atoms with van der Waals surface area (Å²) in [7, 11) is -3.61.